The molecule has 4 N–H and O–H groups in total. The van der Waals surface area contributed by atoms with Gasteiger partial charge in [-0.15, -0.1) is 0 Å². The summed E-state index contributed by atoms with van der Waals surface area (Å²) in [5, 5.41) is 0.680. The third kappa shape index (κ3) is 2.38. The normalized spacial score (nSPS) is 10.9. The van der Waals surface area contributed by atoms with Gasteiger partial charge in [-0.2, -0.15) is 4.98 Å². The van der Waals surface area contributed by atoms with Gasteiger partial charge in [0.05, 0.1) is 5.69 Å². The predicted molar refractivity (Wildman–Crippen MR) is 75.4 cm³/mol. The quantitative estimate of drug-likeness (QED) is 0.872. The first-order chi connectivity index (χ1) is 8.49. The second-order valence-electron chi connectivity index (χ2n) is 4.39. The number of nitrogen functional groups attached to an aromatic ring is 2. The maximum Gasteiger partial charge on any atom is 0.222 e. The number of nitrogens with two attached hydrogens (primary N) is 2. The van der Waals surface area contributed by atoms with E-state index in [0.717, 1.165) is 16.8 Å². The van der Waals surface area contributed by atoms with Crippen LogP contribution in [0, 0.1) is 0 Å². The molecule has 2 aromatic rings. The fourth-order valence-electron chi connectivity index (χ4n) is 1.84. The maximum absolute atomic E-state index is 5.97. The number of hydrogen-bond donors (Lipinski definition) is 2. The van der Waals surface area contributed by atoms with E-state index in [1.165, 1.54) is 0 Å². The lowest BCUT2D eigenvalue weighted by molar-refractivity contribution is 0.822. The number of nitrogens with zero attached hydrogens (tertiary/aromatic N) is 2. The van der Waals surface area contributed by atoms with E-state index in [9.17, 15) is 0 Å². The van der Waals surface area contributed by atoms with E-state index in [1.807, 2.05) is 38.1 Å². The summed E-state index contributed by atoms with van der Waals surface area (Å²) < 4.78 is 0. The number of aromatic nitrogens is 2. The summed E-state index contributed by atoms with van der Waals surface area (Å²) in [6.45, 7) is 4.08. The molecule has 0 saturated heterocycles. The van der Waals surface area contributed by atoms with Gasteiger partial charge >= 0.3 is 0 Å². The van der Waals surface area contributed by atoms with Gasteiger partial charge in [0.2, 0.25) is 5.95 Å². The Hall–Kier alpha value is -1.81. The Balaban J connectivity index is 2.65. The third-order valence-electron chi connectivity index (χ3n) is 2.66. The second-order valence-corrected chi connectivity index (χ2v) is 4.83. The molecule has 0 spiro atoms. The molecule has 0 aliphatic heterocycles. The summed E-state index contributed by atoms with van der Waals surface area (Å²) in [5.41, 5.74) is 14.2. The minimum absolute atomic E-state index is 0.203. The van der Waals surface area contributed by atoms with Crippen LogP contribution in [0.3, 0.4) is 0 Å². The van der Waals surface area contributed by atoms with Crippen LogP contribution in [0.15, 0.2) is 24.3 Å². The lowest BCUT2D eigenvalue weighted by atomic mass is 9.98. The number of anilines is 2. The van der Waals surface area contributed by atoms with Gasteiger partial charge in [-0.3, -0.25) is 0 Å². The Kier molecular flexibility index (Phi) is 3.39. The molecule has 0 saturated carbocycles. The molecule has 0 aliphatic carbocycles. The summed E-state index contributed by atoms with van der Waals surface area (Å²) in [7, 11) is 0. The second kappa shape index (κ2) is 4.82. The van der Waals surface area contributed by atoms with Crippen LogP contribution in [0.2, 0.25) is 5.02 Å². The first-order valence-corrected chi connectivity index (χ1v) is 6.05. The van der Waals surface area contributed by atoms with Crippen molar-refractivity contribution in [3.05, 3.63) is 35.0 Å². The highest BCUT2D eigenvalue weighted by Crippen LogP contribution is 2.32. The van der Waals surface area contributed by atoms with E-state index in [-0.39, 0.29) is 11.9 Å². The van der Waals surface area contributed by atoms with Gasteiger partial charge in [-0.25, -0.2) is 4.98 Å². The number of benzene rings is 1. The topological polar surface area (TPSA) is 77.8 Å². The van der Waals surface area contributed by atoms with Crippen molar-refractivity contribution in [1.29, 1.82) is 0 Å². The first-order valence-electron chi connectivity index (χ1n) is 5.68. The SMILES string of the molecule is CC(C)c1nc(N)nc(N)c1-c1ccc(Cl)cc1. The minimum atomic E-state index is 0.203. The number of halogens is 1. The summed E-state index contributed by atoms with van der Waals surface area (Å²) >= 11 is 5.88. The zero-order valence-corrected chi connectivity index (χ0v) is 11.1. The molecule has 0 atom stereocenters. The van der Waals surface area contributed by atoms with Crippen LogP contribution in [-0.2, 0) is 0 Å². The Bertz CT molecular complexity index is 564. The molecule has 0 radical (unpaired) electrons. The highest BCUT2D eigenvalue weighted by molar-refractivity contribution is 6.30. The molecule has 94 valence electrons. The molecule has 0 amide bonds. The molecule has 0 fully saturated rings. The van der Waals surface area contributed by atoms with Crippen molar-refractivity contribution in [2.24, 2.45) is 0 Å². The zero-order chi connectivity index (χ0) is 13.3. The van der Waals surface area contributed by atoms with E-state index in [2.05, 4.69) is 9.97 Å². The Morgan fingerprint density at radius 1 is 1.06 bits per heavy atom. The fourth-order valence-corrected chi connectivity index (χ4v) is 1.97. The van der Waals surface area contributed by atoms with Gasteiger partial charge in [0.15, 0.2) is 0 Å². The van der Waals surface area contributed by atoms with Crippen molar-refractivity contribution in [3.8, 4) is 11.1 Å². The smallest absolute Gasteiger partial charge is 0.222 e. The molecular formula is C13H15ClN4. The Morgan fingerprint density at radius 2 is 1.67 bits per heavy atom. The molecule has 1 aromatic heterocycles. The van der Waals surface area contributed by atoms with E-state index in [4.69, 9.17) is 23.1 Å². The third-order valence-corrected chi connectivity index (χ3v) is 2.91. The Morgan fingerprint density at radius 3 is 2.22 bits per heavy atom. The lowest BCUT2D eigenvalue weighted by Gasteiger charge is -2.14. The molecule has 1 heterocycles. The predicted octanol–water partition coefficient (Wildman–Crippen LogP) is 3.08. The average molecular weight is 263 g/mol. The highest BCUT2D eigenvalue weighted by atomic mass is 35.5. The molecular weight excluding hydrogens is 248 g/mol. The summed E-state index contributed by atoms with van der Waals surface area (Å²) in [6.07, 6.45) is 0. The van der Waals surface area contributed by atoms with Gasteiger partial charge in [0.25, 0.3) is 0 Å². The lowest BCUT2D eigenvalue weighted by Crippen LogP contribution is -2.07. The highest BCUT2D eigenvalue weighted by Gasteiger charge is 2.15. The van der Waals surface area contributed by atoms with Crippen molar-refractivity contribution in [2.75, 3.05) is 11.5 Å². The van der Waals surface area contributed by atoms with E-state index in [0.29, 0.717) is 10.8 Å². The fraction of sp³-hybridized carbons (Fsp3) is 0.231. The molecule has 18 heavy (non-hydrogen) atoms. The van der Waals surface area contributed by atoms with Crippen molar-refractivity contribution in [2.45, 2.75) is 19.8 Å². The largest absolute Gasteiger partial charge is 0.383 e. The van der Waals surface area contributed by atoms with Gasteiger partial charge in [-0.1, -0.05) is 37.6 Å². The number of hydrogen-bond acceptors (Lipinski definition) is 4. The van der Waals surface area contributed by atoms with Gasteiger partial charge in [0.1, 0.15) is 5.82 Å². The van der Waals surface area contributed by atoms with Crippen LogP contribution >= 0.6 is 11.6 Å². The molecule has 2 rings (SSSR count). The molecule has 4 nitrogen and oxygen atoms in total. The minimum Gasteiger partial charge on any atom is -0.383 e. The average Bonchev–Trinajstić information content (AvgIpc) is 2.29. The van der Waals surface area contributed by atoms with Crippen LogP contribution in [0.25, 0.3) is 11.1 Å². The first kappa shape index (κ1) is 12.6. The zero-order valence-electron chi connectivity index (χ0n) is 10.3. The van der Waals surface area contributed by atoms with E-state index < -0.39 is 0 Å². The maximum atomic E-state index is 5.97. The van der Waals surface area contributed by atoms with Crippen LogP contribution in [0.5, 0.6) is 0 Å². The van der Waals surface area contributed by atoms with Crippen LogP contribution in [0.4, 0.5) is 11.8 Å². The molecule has 5 heteroatoms. The summed E-state index contributed by atoms with van der Waals surface area (Å²) in [5.74, 6) is 0.811. The molecule has 0 unspecified atom stereocenters. The van der Waals surface area contributed by atoms with E-state index >= 15 is 0 Å². The monoisotopic (exact) mass is 262 g/mol. The van der Waals surface area contributed by atoms with Crippen LogP contribution in [-0.4, -0.2) is 9.97 Å². The van der Waals surface area contributed by atoms with E-state index in [1.54, 1.807) is 0 Å². The molecule has 0 bridgehead atoms. The summed E-state index contributed by atoms with van der Waals surface area (Å²) in [4.78, 5) is 8.31. The van der Waals surface area contributed by atoms with Crippen molar-refractivity contribution < 1.29 is 0 Å². The van der Waals surface area contributed by atoms with Gasteiger partial charge in [-0.05, 0) is 23.6 Å². The Labute approximate surface area is 111 Å². The van der Waals surface area contributed by atoms with Gasteiger partial charge < -0.3 is 11.5 Å². The van der Waals surface area contributed by atoms with Crippen molar-refractivity contribution >= 4 is 23.4 Å². The van der Waals surface area contributed by atoms with Crippen LogP contribution in [0.1, 0.15) is 25.5 Å². The molecule has 0 aliphatic rings. The molecule has 1 aromatic carbocycles. The van der Waals surface area contributed by atoms with Crippen LogP contribution < -0.4 is 11.5 Å². The summed E-state index contributed by atoms with van der Waals surface area (Å²) in [6, 6.07) is 7.44. The van der Waals surface area contributed by atoms with Crippen molar-refractivity contribution in [1.82, 2.24) is 9.97 Å². The number of rotatable bonds is 2. The van der Waals surface area contributed by atoms with Gasteiger partial charge in [0, 0.05) is 10.6 Å². The van der Waals surface area contributed by atoms with Crippen molar-refractivity contribution in [3.63, 3.8) is 0 Å². The standard InChI is InChI=1S/C13H15ClN4/c1-7(2)11-10(12(15)18-13(16)17-11)8-3-5-9(14)6-4-8/h3-7H,1-2H3,(H4,15,16,17,18).